The lowest BCUT2D eigenvalue weighted by atomic mass is 9.72. The van der Waals surface area contributed by atoms with E-state index in [1.807, 2.05) is 0 Å². The van der Waals surface area contributed by atoms with Crippen LogP contribution in [0.2, 0.25) is 0 Å². The van der Waals surface area contributed by atoms with Crippen molar-refractivity contribution in [1.82, 2.24) is 0 Å². The van der Waals surface area contributed by atoms with Crippen LogP contribution in [-0.4, -0.2) is 7.05 Å². The first-order valence-electron chi connectivity index (χ1n) is 7.33. The molecule has 0 saturated heterocycles. The molecule has 2 N–H and O–H groups in total. The summed E-state index contributed by atoms with van der Waals surface area (Å²) in [6.45, 7) is 4.82. The van der Waals surface area contributed by atoms with Crippen molar-refractivity contribution in [3.05, 3.63) is 0 Å². The molecule has 0 heterocycles. The van der Waals surface area contributed by atoms with Gasteiger partial charge >= 0.3 is 0 Å². The van der Waals surface area contributed by atoms with Crippen LogP contribution in [0.1, 0.15) is 71.6 Å². The molecule has 0 aromatic heterocycles. The van der Waals surface area contributed by atoms with E-state index in [1.165, 1.54) is 39.2 Å². The van der Waals surface area contributed by atoms with Gasteiger partial charge in [-0.15, -0.1) is 0 Å². The maximum Gasteiger partial charge on any atom is -0.0195 e. The lowest BCUT2D eigenvalue weighted by Crippen LogP contribution is -2.21. The zero-order valence-corrected chi connectivity index (χ0v) is 11.6. The molecule has 2 rings (SSSR count). The molecule has 0 aliphatic heterocycles. The van der Waals surface area contributed by atoms with E-state index in [9.17, 15) is 0 Å². The summed E-state index contributed by atoms with van der Waals surface area (Å²) in [5.41, 5.74) is 5.33. The molecule has 2 aliphatic carbocycles. The monoisotopic (exact) mass is 225 g/mol. The van der Waals surface area contributed by atoms with E-state index in [-0.39, 0.29) is 0 Å². The van der Waals surface area contributed by atoms with Crippen LogP contribution in [-0.2, 0) is 0 Å². The first kappa shape index (κ1) is 14.0. The first-order valence-corrected chi connectivity index (χ1v) is 7.33. The molecule has 1 nitrogen and oxygen atoms in total. The van der Waals surface area contributed by atoms with Crippen LogP contribution in [0, 0.1) is 17.3 Å². The molecule has 0 aromatic rings. The lowest BCUT2D eigenvalue weighted by Gasteiger charge is -2.34. The molecule has 2 fully saturated rings. The highest BCUT2D eigenvalue weighted by Gasteiger charge is 2.40. The Morgan fingerprint density at radius 1 is 1.12 bits per heavy atom. The second-order valence-corrected chi connectivity index (χ2v) is 5.95. The smallest absolute Gasteiger partial charge is 0.0195 e. The Balaban J connectivity index is 0.000000606. The Kier molecular flexibility index (Phi) is 5.82. The first-order chi connectivity index (χ1) is 7.76. The van der Waals surface area contributed by atoms with Crippen molar-refractivity contribution < 1.29 is 0 Å². The zero-order valence-electron chi connectivity index (χ0n) is 11.6. The molecular formula is C15H31N. The van der Waals surface area contributed by atoms with Gasteiger partial charge in [-0.25, -0.2) is 0 Å². The predicted molar refractivity (Wildman–Crippen MR) is 72.4 cm³/mol. The summed E-state index contributed by atoms with van der Waals surface area (Å²) in [6.07, 6.45) is 13.7. The average molecular weight is 225 g/mol. The average Bonchev–Trinajstić information content (AvgIpc) is 2.76. The van der Waals surface area contributed by atoms with Crippen molar-refractivity contribution in [3.63, 3.8) is 0 Å². The van der Waals surface area contributed by atoms with Gasteiger partial charge < -0.3 is 5.73 Å². The van der Waals surface area contributed by atoms with Gasteiger partial charge in [0.05, 0.1) is 0 Å². The quantitative estimate of drug-likeness (QED) is 0.742. The Labute approximate surface area is 102 Å². The van der Waals surface area contributed by atoms with Crippen molar-refractivity contribution in [3.8, 4) is 0 Å². The normalized spacial score (nSPS) is 29.6. The highest BCUT2D eigenvalue weighted by atomic mass is 14.5. The summed E-state index contributed by atoms with van der Waals surface area (Å²) >= 11 is 0. The molecule has 0 radical (unpaired) electrons. The third-order valence-corrected chi connectivity index (χ3v) is 5.10. The van der Waals surface area contributed by atoms with Gasteiger partial charge in [0, 0.05) is 0 Å². The molecular weight excluding hydrogens is 194 g/mol. The molecule has 1 heteroatoms. The largest absolute Gasteiger partial charge is 0.333 e. The zero-order chi connectivity index (χ0) is 12.0. The minimum atomic E-state index is 0.826. The lowest BCUT2D eigenvalue weighted by molar-refractivity contribution is 0.180. The molecule has 96 valence electrons. The van der Waals surface area contributed by atoms with Gasteiger partial charge in [0.25, 0.3) is 0 Å². The van der Waals surface area contributed by atoms with Crippen LogP contribution in [0.15, 0.2) is 0 Å². The van der Waals surface area contributed by atoms with Crippen LogP contribution in [0.5, 0.6) is 0 Å². The Hall–Kier alpha value is -0.0400. The van der Waals surface area contributed by atoms with Gasteiger partial charge in [0.1, 0.15) is 0 Å². The van der Waals surface area contributed by atoms with Gasteiger partial charge in [-0.05, 0) is 56.4 Å². The minimum absolute atomic E-state index is 0.826. The highest BCUT2D eigenvalue weighted by Crippen LogP contribution is 2.53. The topological polar surface area (TPSA) is 26.0 Å². The Morgan fingerprint density at radius 3 is 2.31 bits per heavy atom. The number of hydrogen-bond acceptors (Lipinski definition) is 1. The van der Waals surface area contributed by atoms with Gasteiger partial charge in [-0.3, -0.25) is 0 Å². The fourth-order valence-electron chi connectivity index (χ4n) is 3.83. The van der Waals surface area contributed by atoms with Gasteiger partial charge in [0.2, 0.25) is 0 Å². The SMILES string of the molecule is CCC(C)C1CCC2(CCCCC2)C1.CN. The Morgan fingerprint density at radius 2 is 1.75 bits per heavy atom. The molecule has 2 atom stereocenters. The third-order valence-electron chi connectivity index (χ3n) is 5.10. The second kappa shape index (κ2) is 6.64. The Bertz CT molecular complexity index is 182. The molecule has 16 heavy (non-hydrogen) atoms. The van der Waals surface area contributed by atoms with Crippen molar-refractivity contribution in [2.75, 3.05) is 7.05 Å². The van der Waals surface area contributed by atoms with Crippen molar-refractivity contribution in [1.29, 1.82) is 0 Å². The summed E-state index contributed by atoms with van der Waals surface area (Å²) < 4.78 is 0. The molecule has 1 spiro atoms. The summed E-state index contributed by atoms with van der Waals surface area (Å²) in [5, 5.41) is 0. The van der Waals surface area contributed by atoms with E-state index in [0.717, 1.165) is 17.3 Å². The summed E-state index contributed by atoms with van der Waals surface area (Å²) in [7, 11) is 1.50. The van der Waals surface area contributed by atoms with Crippen molar-refractivity contribution >= 4 is 0 Å². The molecule has 0 aromatic carbocycles. The van der Waals surface area contributed by atoms with Crippen molar-refractivity contribution in [2.24, 2.45) is 23.0 Å². The number of hydrogen-bond donors (Lipinski definition) is 1. The van der Waals surface area contributed by atoms with Crippen LogP contribution < -0.4 is 5.73 Å². The summed E-state index contributed by atoms with van der Waals surface area (Å²) in [6, 6.07) is 0. The molecule has 2 aliphatic rings. The maximum absolute atomic E-state index is 4.50. The van der Waals surface area contributed by atoms with Gasteiger partial charge in [0.15, 0.2) is 0 Å². The standard InChI is InChI=1S/C14H26.CH5N/c1-3-12(2)13-7-10-14(11-13)8-5-4-6-9-14;1-2/h12-13H,3-11H2,1-2H3;2H2,1H3. The van der Waals surface area contributed by atoms with E-state index in [4.69, 9.17) is 0 Å². The molecule has 2 saturated carbocycles. The number of nitrogens with two attached hydrogens (primary N) is 1. The van der Waals surface area contributed by atoms with Crippen molar-refractivity contribution in [2.45, 2.75) is 71.6 Å². The predicted octanol–water partition coefficient (Wildman–Crippen LogP) is 4.36. The van der Waals surface area contributed by atoms with E-state index >= 15 is 0 Å². The van der Waals surface area contributed by atoms with Crippen LogP contribution in [0.4, 0.5) is 0 Å². The fourth-order valence-corrected chi connectivity index (χ4v) is 3.83. The highest BCUT2D eigenvalue weighted by molar-refractivity contribution is 4.92. The number of rotatable bonds is 2. The van der Waals surface area contributed by atoms with Crippen LogP contribution in [0.25, 0.3) is 0 Å². The summed E-state index contributed by atoms with van der Waals surface area (Å²) in [4.78, 5) is 0. The second-order valence-electron chi connectivity index (χ2n) is 5.95. The molecule has 0 bridgehead atoms. The third kappa shape index (κ3) is 3.23. The van der Waals surface area contributed by atoms with E-state index < -0.39 is 0 Å². The summed E-state index contributed by atoms with van der Waals surface area (Å²) in [5.74, 6) is 2.05. The fraction of sp³-hybridized carbons (Fsp3) is 1.00. The van der Waals surface area contributed by atoms with Gasteiger partial charge in [-0.2, -0.15) is 0 Å². The van der Waals surface area contributed by atoms with Crippen LogP contribution in [0.3, 0.4) is 0 Å². The van der Waals surface area contributed by atoms with E-state index in [2.05, 4.69) is 19.6 Å². The van der Waals surface area contributed by atoms with E-state index in [1.54, 1.807) is 25.7 Å². The maximum atomic E-state index is 4.50. The molecule has 2 unspecified atom stereocenters. The van der Waals surface area contributed by atoms with Crippen LogP contribution >= 0.6 is 0 Å². The molecule has 0 amide bonds. The van der Waals surface area contributed by atoms with Gasteiger partial charge in [-0.1, -0.05) is 39.5 Å². The minimum Gasteiger partial charge on any atom is -0.333 e. The van der Waals surface area contributed by atoms with E-state index in [0.29, 0.717) is 0 Å².